The van der Waals surface area contributed by atoms with E-state index in [1.165, 1.54) is 11.8 Å². The Morgan fingerprint density at radius 2 is 1.73 bits per heavy atom. The number of benzene rings is 2. The van der Waals surface area contributed by atoms with Crippen LogP contribution in [0.3, 0.4) is 0 Å². The highest BCUT2D eigenvalue weighted by Gasteiger charge is 2.29. The second kappa shape index (κ2) is 7.85. The summed E-state index contributed by atoms with van der Waals surface area (Å²) in [5, 5.41) is 1.45. The van der Waals surface area contributed by atoms with Crippen LogP contribution in [0.1, 0.15) is 10.8 Å². The Balaban J connectivity index is 1.69. The van der Waals surface area contributed by atoms with E-state index in [1.807, 2.05) is 59.5 Å². The summed E-state index contributed by atoms with van der Waals surface area (Å²) in [6.07, 6.45) is 1.56. The van der Waals surface area contributed by atoms with Gasteiger partial charge in [-0.1, -0.05) is 60.3 Å². The van der Waals surface area contributed by atoms with Crippen molar-refractivity contribution in [1.82, 2.24) is 14.9 Å². The predicted octanol–water partition coefficient (Wildman–Crippen LogP) is 3.32. The number of thioether (sulfide) groups is 1. The van der Waals surface area contributed by atoms with E-state index in [0.717, 1.165) is 21.5 Å². The molecule has 0 spiro atoms. The van der Waals surface area contributed by atoms with Crippen molar-refractivity contribution in [3.63, 3.8) is 0 Å². The van der Waals surface area contributed by atoms with E-state index in [2.05, 4.69) is 9.97 Å². The third-order valence-electron chi connectivity index (χ3n) is 4.39. The first-order valence-electron chi connectivity index (χ1n) is 8.61. The number of hydrogen-bond acceptors (Lipinski definition) is 5. The van der Waals surface area contributed by atoms with Crippen molar-refractivity contribution < 1.29 is 9.53 Å². The number of amides is 1. The number of carbonyl (C=O) groups is 1. The average molecular weight is 365 g/mol. The van der Waals surface area contributed by atoms with Gasteiger partial charge in [-0.3, -0.25) is 4.79 Å². The Labute approximate surface area is 156 Å². The molecule has 0 aliphatic carbocycles. The van der Waals surface area contributed by atoms with Gasteiger partial charge in [-0.2, -0.15) is 0 Å². The lowest BCUT2D eigenvalue weighted by atomic mass is 10.1. The van der Waals surface area contributed by atoms with Crippen LogP contribution >= 0.6 is 11.8 Å². The average Bonchev–Trinajstić information content (AvgIpc) is 2.73. The van der Waals surface area contributed by atoms with Crippen LogP contribution in [0.4, 0.5) is 0 Å². The molecule has 1 saturated heterocycles. The largest absolute Gasteiger partial charge is 0.378 e. The number of aromatic nitrogens is 2. The molecule has 2 heterocycles. The number of hydrogen-bond donors (Lipinski definition) is 0. The van der Waals surface area contributed by atoms with Gasteiger partial charge in [0.05, 0.1) is 18.7 Å². The molecular weight excluding hydrogens is 346 g/mol. The summed E-state index contributed by atoms with van der Waals surface area (Å²) in [4.78, 5) is 23.9. The van der Waals surface area contributed by atoms with E-state index in [0.29, 0.717) is 26.3 Å². The Morgan fingerprint density at radius 3 is 2.54 bits per heavy atom. The van der Waals surface area contributed by atoms with E-state index < -0.39 is 0 Å². The molecule has 1 atom stereocenters. The standard InChI is InChI=1S/C20H19N3O2S/c24-20(23-10-12-25-13-11-23)18(15-6-2-1-3-7-15)26-19-16-8-4-5-9-17(16)21-14-22-19/h1-9,14,18H,10-13H2/t18-/m1/s1. The number of ether oxygens (including phenoxy) is 1. The van der Waals surface area contributed by atoms with Crippen LogP contribution in [0, 0.1) is 0 Å². The van der Waals surface area contributed by atoms with Crippen molar-refractivity contribution in [2.24, 2.45) is 0 Å². The summed E-state index contributed by atoms with van der Waals surface area (Å²) < 4.78 is 5.39. The Hall–Kier alpha value is -2.44. The van der Waals surface area contributed by atoms with Gasteiger partial charge in [-0.15, -0.1) is 0 Å². The van der Waals surface area contributed by atoms with Gasteiger partial charge in [0.25, 0.3) is 0 Å². The molecule has 132 valence electrons. The fourth-order valence-corrected chi connectivity index (χ4v) is 4.20. The van der Waals surface area contributed by atoms with Gasteiger partial charge >= 0.3 is 0 Å². The minimum atomic E-state index is -0.340. The van der Waals surface area contributed by atoms with Crippen molar-refractivity contribution in [2.45, 2.75) is 10.3 Å². The fourth-order valence-electron chi connectivity index (χ4n) is 3.02. The number of fused-ring (bicyclic) bond motifs is 1. The molecule has 1 fully saturated rings. The van der Waals surface area contributed by atoms with Gasteiger partial charge < -0.3 is 9.64 Å². The van der Waals surface area contributed by atoms with Gasteiger partial charge in [0.15, 0.2) is 0 Å². The summed E-state index contributed by atoms with van der Waals surface area (Å²) >= 11 is 1.49. The second-order valence-electron chi connectivity index (χ2n) is 6.04. The molecule has 26 heavy (non-hydrogen) atoms. The Morgan fingerprint density at radius 1 is 1.00 bits per heavy atom. The zero-order valence-electron chi connectivity index (χ0n) is 14.2. The van der Waals surface area contributed by atoms with Crippen molar-refractivity contribution in [3.8, 4) is 0 Å². The third-order valence-corrected chi connectivity index (χ3v) is 5.64. The Kier molecular flexibility index (Phi) is 5.13. The first-order chi connectivity index (χ1) is 12.8. The molecule has 0 radical (unpaired) electrons. The van der Waals surface area contributed by atoms with Gasteiger partial charge in [0.1, 0.15) is 16.6 Å². The van der Waals surface area contributed by atoms with E-state index in [9.17, 15) is 4.79 Å². The van der Waals surface area contributed by atoms with Gasteiger partial charge in [0.2, 0.25) is 5.91 Å². The van der Waals surface area contributed by atoms with Crippen LogP contribution < -0.4 is 0 Å². The van der Waals surface area contributed by atoms with Crippen molar-refractivity contribution in [3.05, 3.63) is 66.5 Å². The topological polar surface area (TPSA) is 55.3 Å². The van der Waals surface area contributed by atoms with Gasteiger partial charge in [-0.05, 0) is 11.6 Å². The van der Waals surface area contributed by atoms with E-state index in [1.54, 1.807) is 6.33 Å². The van der Waals surface area contributed by atoms with Crippen LogP contribution in [-0.2, 0) is 9.53 Å². The molecule has 4 rings (SSSR count). The van der Waals surface area contributed by atoms with E-state index in [-0.39, 0.29) is 11.2 Å². The van der Waals surface area contributed by atoms with Crippen molar-refractivity contribution >= 4 is 28.6 Å². The van der Waals surface area contributed by atoms with Crippen LogP contribution in [0.15, 0.2) is 66.0 Å². The highest BCUT2D eigenvalue weighted by Crippen LogP contribution is 2.38. The monoisotopic (exact) mass is 365 g/mol. The molecule has 1 aromatic heterocycles. The maximum Gasteiger partial charge on any atom is 0.240 e. The van der Waals surface area contributed by atoms with Crippen LogP contribution in [0.5, 0.6) is 0 Å². The number of nitrogens with zero attached hydrogens (tertiary/aromatic N) is 3. The highest BCUT2D eigenvalue weighted by molar-refractivity contribution is 8.00. The molecular formula is C20H19N3O2S. The van der Waals surface area contributed by atoms with Crippen LogP contribution in [0.25, 0.3) is 10.9 Å². The molecule has 6 heteroatoms. The molecule has 0 unspecified atom stereocenters. The normalized spacial score (nSPS) is 15.8. The summed E-state index contributed by atoms with van der Waals surface area (Å²) in [5.41, 5.74) is 1.87. The molecule has 1 aliphatic rings. The molecule has 3 aromatic rings. The third kappa shape index (κ3) is 3.57. The molecule has 0 N–H and O–H groups in total. The molecule has 0 bridgehead atoms. The highest BCUT2D eigenvalue weighted by atomic mass is 32.2. The van der Waals surface area contributed by atoms with Crippen molar-refractivity contribution in [2.75, 3.05) is 26.3 Å². The Bertz CT molecular complexity index is 892. The minimum absolute atomic E-state index is 0.104. The lowest BCUT2D eigenvalue weighted by molar-refractivity contribution is -0.134. The SMILES string of the molecule is O=C([C@H](Sc1ncnc2ccccc12)c1ccccc1)N1CCOCC1. The summed E-state index contributed by atoms with van der Waals surface area (Å²) in [6, 6.07) is 17.8. The lowest BCUT2D eigenvalue weighted by Gasteiger charge is -2.30. The molecule has 1 aliphatic heterocycles. The first kappa shape index (κ1) is 17.0. The molecule has 2 aromatic carbocycles. The van der Waals surface area contributed by atoms with Crippen LogP contribution in [0.2, 0.25) is 0 Å². The zero-order chi connectivity index (χ0) is 17.8. The van der Waals surface area contributed by atoms with Gasteiger partial charge in [0, 0.05) is 18.5 Å². The lowest BCUT2D eigenvalue weighted by Crippen LogP contribution is -2.42. The van der Waals surface area contributed by atoms with Crippen LogP contribution in [-0.4, -0.2) is 47.1 Å². The molecule has 5 nitrogen and oxygen atoms in total. The first-order valence-corrected chi connectivity index (χ1v) is 9.49. The van der Waals surface area contributed by atoms with E-state index in [4.69, 9.17) is 4.74 Å². The number of carbonyl (C=O) groups excluding carboxylic acids is 1. The number of morpholine rings is 1. The maximum absolute atomic E-state index is 13.2. The van der Waals surface area contributed by atoms with E-state index >= 15 is 0 Å². The maximum atomic E-state index is 13.2. The minimum Gasteiger partial charge on any atom is -0.378 e. The second-order valence-corrected chi connectivity index (χ2v) is 7.14. The fraction of sp³-hybridized carbons (Fsp3) is 0.250. The smallest absolute Gasteiger partial charge is 0.240 e. The summed E-state index contributed by atoms with van der Waals surface area (Å²) in [6.45, 7) is 2.45. The zero-order valence-corrected chi connectivity index (χ0v) is 15.1. The summed E-state index contributed by atoms with van der Waals surface area (Å²) in [7, 11) is 0. The molecule has 1 amide bonds. The predicted molar refractivity (Wildman–Crippen MR) is 102 cm³/mol. The van der Waals surface area contributed by atoms with Crippen molar-refractivity contribution in [1.29, 1.82) is 0 Å². The quantitative estimate of drug-likeness (QED) is 0.524. The number of rotatable bonds is 4. The number of para-hydroxylation sites is 1. The van der Waals surface area contributed by atoms with Gasteiger partial charge in [-0.25, -0.2) is 9.97 Å². The molecule has 0 saturated carbocycles. The summed E-state index contributed by atoms with van der Waals surface area (Å²) in [5.74, 6) is 0.104.